The Morgan fingerprint density at radius 3 is 2.56 bits per heavy atom. The molecule has 2 aromatic heterocycles. The Labute approximate surface area is 156 Å². The lowest BCUT2D eigenvalue weighted by Crippen LogP contribution is -2.24. The number of nitrogens with one attached hydrogen (secondary N) is 1. The zero-order chi connectivity index (χ0) is 19.0. The van der Waals surface area contributed by atoms with Gasteiger partial charge < -0.3 is 0 Å². The van der Waals surface area contributed by atoms with Gasteiger partial charge in [0.1, 0.15) is 5.69 Å². The average Bonchev–Trinajstić information content (AvgIpc) is 3.11. The lowest BCUT2D eigenvalue weighted by atomic mass is 9.76. The molecule has 0 spiro atoms. The molecule has 3 heterocycles. The molecule has 0 bridgehead atoms. The molecule has 0 amide bonds. The largest absolute Gasteiger partial charge is 0.277 e. The van der Waals surface area contributed by atoms with Gasteiger partial charge in [0.05, 0.1) is 34.8 Å². The Morgan fingerprint density at radius 2 is 1.85 bits per heavy atom. The first-order valence-electron chi connectivity index (χ1n) is 8.58. The average molecular weight is 352 g/mol. The first kappa shape index (κ1) is 16.7. The molecule has 1 aliphatic heterocycles. The van der Waals surface area contributed by atoms with Gasteiger partial charge in [-0.25, -0.2) is 0 Å². The Morgan fingerprint density at radius 1 is 1.07 bits per heavy atom. The van der Waals surface area contributed by atoms with Crippen molar-refractivity contribution in [3.8, 4) is 23.4 Å². The molecule has 0 radical (unpaired) electrons. The van der Waals surface area contributed by atoms with Crippen LogP contribution >= 0.6 is 0 Å². The van der Waals surface area contributed by atoms with Crippen LogP contribution in [0.25, 0.3) is 22.2 Å². The highest BCUT2D eigenvalue weighted by Crippen LogP contribution is 2.39. The third kappa shape index (κ3) is 2.68. The van der Waals surface area contributed by atoms with Crippen molar-refractivity contribution in [2.24, 2.45) is 10.9 Å². The number of H-pyrrole nitrogens is 1. The number of aromatic nitrogens is 3. The van der Waals surface area contributed by atoms with Crippen LogP contribution in [0.5, 0.6) is 0 Å². The number of fused-ring (bicyclic) bond motifs is 1. The van der Waals surface area contributed by atoms with Crippen LogP contribution in [0.4, 0.5) is 0 Å². The van der Waals surface area contributed by atoms with Gasteiger partial charge in [0, 0.05) is 35.0 Å². The highest BCUT2D eigenvalue weighted by atomic mass is 15.1. The van der Waals surface area contributed by atoms with Crippen molar-refractivity contribution in [3.05, 3.63) is 59.6 Å². The fourth-order valence-corrected chi connectivity index (χ4v) is 3.66. The molecule has 0 saturated heterocycles. The summed E-state index contributed by atoms with van der Waals surface area (Å²) in [5, 5.41) is 27.8. The molecule has 130 valence electrons. The van der Waals surface area contributed by atoms with Crippen molar-refractivity contribution >= 4 is 16.6 Å². The van der Waals surface area contributed by atoms with E-state index < -0.39 is 5.92 Å². The molecule has 0 saturated carbocycles. The van der Waals surface area contributed by atoms with Gasteiger partial charge in [-0.1, -0.05) is 6.07 Å². The first-order chi connectivity index (χ1) is 13.1. The fourth-order valence-electron chi connectivity index (χ4n) is 3.66. The highest BCUT2D eigenvalue weighted by Gasteiger charge is 2.34. The molecule has 2 unspecified atom stereocenters. The molecule has 27 heavy (non-hydrogen) atoms. The summed E-state index contributed by atoms with van der Waals surface area (Å²) in [6, 6.07) is 14.3. The minimum Gasteiger partial charge on any atom is -0.277 e. The summed E-state index contributed by atoms with van der Waals surface area (Å²) in [4.78, 5) is 8.46. The number of benzene rings is 1. The maximum absolute atomic E-state index is 9.71. The highest BCUT2D eigenvalue weighted by molar-refractivity contribution is 5.94. The molecule has 3 aromatic rings. The van der Waals surface area contributed by atoms with E-state index in [2.05, 4.69) is 32.3 Å². The van der Waals surface area contributed by atoms with E-state index in [4.69, 9.17) is 0 Å². The van der Waals surface area contributed by atoms with Crippen LogP contribution in [0.2, 0.25) is 0 Å². The molecule has 6 nitrogen and oxygen atoms in total. The van der Waals surface area contributed by atoms with Gasteiger partial charge in [-0.05, 0) is 43.7 Å². The van der Waals surface area contributed by atoms with E-state index in [1.807, 2.05) is 44.2 Å². The standard InChI is InChI=1S/C21H16N6/c1-12-17(10-22)20(18(11-23)13(2)25-12)15-3-4-19-16(9-15)21(27-26-19)14-5-7-24-8-6-14/h3-9,17,20H,1-2H3,(H,26,27). The van der Waals surface area contributed by atoms with Gasteiger partial charge in [-0.2, -0.15) is 15.6 Å². The van der Waals surface area contributed by atoms with E-state index in [9.17, 15) is 10.5 Å². The van der Waals surface area contributed by atoms with Crippen molar-refractivity contribution in [1.29, 1.82) is 10.5 Å². The number of aliphatic imine (C=N–C) groups is 1. The van der Waals surface area contributed by atoms with E-state index in [1.165, 1.54) is 0 Å². The molecule has 2 atom stereocenters. The summed E-state index contributed by atoms with van der Waals surface area (Å²) < 4.78 is 0. The van der Waals surface area contributed by atoms with E-state index in [-0.39, 0.29) is 5.92 Å². The third-order valence-corrected chi connectivity index (χ3v) is 4.99. The van der Waals surface area contributed by atoms with Gasteiger partial charge >= 0.3 is 0 Å². The molecular weight excluding hydrogens is 336 g/mol. The predicted octanol–water partition coefficient (Wildman–Crippen LogP) is 4.12. The van der Waals surface area contributed by atoms with Crippen molar-refractivity contribution < 1.29 is 0 Å². The number of aromatic amines is 1. The minimum absolute atomic E-state index is 0.331. The van der Waals surface area contributed by atoms with Crippen LogP contribution in [0.3, 0.4) is 0 Å². The lowest BCUT2D eigenvalue weighted by molar-refractivity contribution is 0.704. The number of nitriles is 2. The molecule has 1 aliphatic rings. The molecule has 0 fully saturated rings. The Kier molecular flexibility index (Phi) is 4.02. The van der Waals surface area contributed by atoms with Crippen molar-refractivity contribution in [2.45, 2.75) is 19.8 Å². The molecule has 6 heteroatoms. The Bertz CT molecular complexity index is 1170. The van der Waals surface area contributed by atoms with Crippen LogP contribution in [0.15, 0.2) is 59.0 Å². The van der Waals surface area contributed by atoms with Gasteiger partial charge in [0.15, 0.2) is 0 Å². The second kappa shape index (κ2) is 6.51. The number of allylic oxidation sites excluding steroid dienone is 2. The van der Waals surface area contributed by atoms with Crippen molar-refractivity contribution in [2.75, 3.05) is 0 Å². The Balaban J connectivity index is 1.91. The maximum Gasteiger partial charge on any atom is 0.100 e. The monoisotopic (exact) mass is 352 g/mol. The minimum atomic E-state index is -0.461. The van der Waals surface area contributed by atoms with E-state index >= 15 is 0 Å². The van der Waals surface area contributed by atoms with Gasteiger partial charge in [0.2, 0.25) is 0 Å². The molecule has 1 N–H and O–H groups in total. The smallest absolute Gasteiger partial charge is 0.100 e. The summed E-state index contributed by atoms with van der Waals surface area (Å²) in [6.07, 6.45) is 3.46. The summed E-state index contributed by atoms with van der Waals surface area (Å²) in [5.74, 6) is -0.792. The van der Waals surface area contributed by atoms with Crippen LogP contribution in [-0.2, 0) is 0 Å². The molecular formula is C21H16N6. The topological polar surface area (TPSA) is 102 Å². The zero-order valence-corrected chi connectivity index (χ0v) is 14.9. The maximum atomic E-state index is 9.71. The fraction of sp³-hybridized carbons (Fsp3) is 0.190. The summed E-state index contributed by atoms with van der Waals surface area (Å²) in [7, 11) is 0. The Hall–Kier alpha value is -3.77. The zero-order valence-electron chi connectivity index (χ0n) is 14.9. The van der Waals surface area contributed by atoms with Crippen LogP contribution < -0.4 is 0 Å². The van der Waals surface area contributed by atoms with E-state index in [0.717, 1.165) is 33.4 Å². The number of pyridine rings is 1. The normalized spacial score (nSPS) is 19.5. The van der Waals surface area contributed by atoms with Gasteiger partial charge in [-0.3, -0.25) is 15.1 Å². The van der Waals surface area contributed by atoms with Crippen LogP contribution in [0.1, 0.15) is 25.3 Å². The van der Waals surface area contributed by atoms with Gasteiger partial charge in [0.25, 0.3) is 0 Å². The number of nitrogens with zero attached hydrogens (tertiary/aromatic N) is 5. The van der Waals surface area contributed by atoms with Crippen molar-refractivity contribution in [3.63, 3.8) is 0 Å². The van der Waals surface area contributed by atoms with E-state index in [0.29, 0.717) is 11.3 Å². The summed E-state index contributed by atoms with van der Waals surface area (Å²) >= 11 is 0. The second-order valence-corrected chi connectivity index (χ2v) is 6.56. The van der Waals surface area contributed by atoms with Gasteiger partial charge in [-0.15, -0.1) is 0 Å². The van der Waals surface area contributed by atoms with E-state index in [1.54, 1.807) is 12.4 Å². The first-order valence-corrected chi connectivity index (χ1v) is 8.58. The number of hydrogen-bond acceptors (Lipinski definition) is 5. The molecule has 1 aromatic carbocycles. The van der Waals surface area contributed by atoms with Crippen molar-refractivity contribution in [1.82, 2.24) is 15.2 Å². The summed E-state index contributed by atoms with van der Waals surface area (Å²) in [5.41, 5.74) is 5.55. The lowest BCUT2D eigenvalue weighted by Gasteiger charge is -2.26. The number of rotatable bonds is 2. The molecule has 4 rings (SSSR count). The SMILES string of the molecule is CC1=NC(C)=C(C#N)C(c2ccc3[nH]nc(-c4ccncc4)c3c2)C1C#N. The quantitative estimate of drug-likeness (QED) is 0.749. The third-order valence-electron chi connectivity index (χ3n) is 4.99. The second-order valence-electron chi connectivity index (χ2n) is 6.56. The van der Waals surface area contributed by atoms with Crippen LogP contribution in [-0.4, -0.2) is 20.9 Å². The van der Waals surface area contributed by atoms with Crippen LogP contribution in [0, 0.1) is 28.6 Å². The molecule has 0 aliphatic carbocycles. The predicted molar refractivity (Wildman–Crippen MR) is 103 cm³/mol. The summed E-state index contributed by atoms with van der Waals surface area (Å²) in [6.45, 7) is 3.67. The number of hydrogen-bond donors (Lipinski definition) is 1.